The maximum absolute atomic E-state index is 13.8. The molecule has 4 aromatic rings. The van der Waals surface area contributed by atoms with Gasteiger partial charge in [-0.25, -0.2) is 9.59 Å². The van der Waals surface area contributed by atoms with Crippen LogP contribution >= 0.6 is 11.6 Å². The smallest absolute Gasteiger partial charge is 0.449 e. The number of carbonyl (C=O) groups is 2. The molecule has 4 rings (SSSR count). The first-order valence-corrected chi connectivity index (χ1v) is 11.7. The normalized spacial score (nSPS) is 12.0. The summed E-state index contributed by atoms with van der Waals surface area (Å²) in [4.78, 5) is 37.3. The number of carbonyl (C=O) groups excluding carboxylic acids is 2. The Morgan fingerprint density at radius 1 is 1.00 bits per heavy atom. The minimum atomic E-state index is -5.08. The van der Waals surface area contributed by atoms with Gasteiger partial charge in [0.15, 0.2) is 0 Å². The molecule has 12 heteroatoms. The van der Waals surface area contributed by atoms with E-state index in [0.717, 1.165) is 17.7 Å². The van der Waals surface area contributed by atoms with Gasteiger partial charge in [-0.3, -0.25) is 4.79 Å². The number of nitrogens with one attached hydrogen (secondary N) is 1. The molecule has 0 saturated heterocycles. The Balaban J connectivity index is 1.51. The summed E-state index contributed by atoms with van der Waals surface area (Å²) in [6.07, 6.45) is -5.96. The molecule has 1 heterocycles. The van der Waals surface area contributed by atoms with Crippen molar-refractivity contribution < 1.29 is 41.4 Å². The quantitative estimate of drug-likeness (QED) is 0.203. The highest BCUT2D eigenvalue weighted by molar-refractivity contribution is 6.30. The van der Waals surface area contributed by atoms with Crippen LogP contribution in [0.4, 0.5) is 18.0 Å². The standard InChI is InChI=1S/C27H19ClF3NO7/c1-15(32-26(35)36-14-16-5-3-2-4-6-16)25(34)38-19-11-12-20-21(13-19)39-24(27(29,30)31)23(22(20)33)37-18-9-7-17(28)8-10-18/h2-13,15H,14H2,1H3,(H,32,35). The van der Waals surface area contributed by atoms with Gasteiger partial charge in [0.25, 0.3) is 5.76 Å². The minimum absolute atomic E-state index is 0.0244. The molecule has 0 aliphatic rings. The second kappa shape index (κ2) is 11.5. The average molecular weight is 562 g/mol. The summed E-state index contributed by atoms with van der Waals surface area (Å²) in [5.41, 5.74) is -0.850. The van der Waals surface area contributed by atoms with Crippen LogP contribution in [-0.4, -0.2) is 18.1 Å². The molecule has 39 heavy (non-hydrogen) atoms. The lowest BCUT2D eigenvalue weighted by atomic mass is 10.2. The van der Waals surface area contributed by atoms with E-state index in [1.165, 1.54) is 37.3 Å². The molecule has 1 amide bonds. The number of ether oxygens (including phenoxy) is 3. The first kappa shape index (κ1) is 27.5. The summed E-state index contributed by atoms with van der Waals surface area (Å²) in [6, 6.07) is 16.3. The number of hydrogen-bond acceptors (Lipinski definition) is 7. The van der Waals surface area contributed by atoms with E-state index in [1.54, 1.807) is 30.3 Å². The number of alkyl carbamates (subject to hydrolysis) is 1. The van der Waals surface area contributed by atoms with Crippen molar-refractivity contribution in [2.75, 3.05) is 0 Å². The number of rotatable bonds is 7. The lowest BCUT2D eigenvalue weighted by Crippen LogP contribution is -2.41. The van der Waals surface area contributed by atoms with Crippen molar-refractivity contribution in [1.82, 2.24) is 5.32 Å². The van der Waals surface area contributed by atoms with Gasteiger partial charge >= 0.3 is 18.2 Å². The van der Waals surface area contributed by atoms with Gasteiger partial charge < -0.3 is 23.9 Å². The third-order valence-corrected chi connectivity index (χ3v) is 5.48. The number of hydrogen-bond donors (Lipinski definition) is 1. The molecule has 0 aliphatic carbocycles. The Morgan fingerprint density at radius 3 is 2.33 bits per heavy atom. The summed E-state index contributed by atoms with van der Waals surface area (Å²) >= 11 is 5.78. The molecule has 1 unspecified atom stereocenters. The molecule has 202 valence electrons. The molecule has 0 bridgehead atoms. The highest BCUT2D eigenvalue weighted by Crippen LogP contribution is 2.38. The van der Waals surface area contributed by atoms with Crippen LogP contribution in [0, 0.1) is 0 Å². The van der Waals surface area contributed by atoms with Crippen LogP contribution in [0.2, 0.25) is 5.02 Å². The van der Waals surface area contributed by atoms with Crippen molar-refractivity contribution in [3.8, 4) is 17.2 Å². The van der Waals surface area contributed by atoms with E-state index >= 15 is 0 Å². The monoisotopic (exact) mass is 561 g/mol. The van der Waals surface area contributed by atoms with Gasteiger partial charge in [-0.15, -0.1) is 0 Å². The van der Waals surface area contributed by atoms with Gasteiger partial charge in [0, 0.05) is 11.1 Å². The van der Waals surface area contributed by atoms with Gasteiger partial charge in [0.05, 0.1) is 5.39 Å². The van der Waals surface area contributed by atoms with Crippen LogP contribution in [0.15, 0.2) is 82.0 Å². The van der Waals surface area contributed by atoms with Crippen LogP contribution in [0.1, 0.15) is 18.2 Å². The zero-order valence-electron chi connectivity index (χ0n) is 20.1. The maximum atomic E-state index is 13.8. The number of halogens is 4. The van der Waals surface area contributed by atoms with Gasteiger partial charge in [-0.05, 0) is 48.9 Å². The third-order valence-electron chi connectivity index (χ3n) is 5.23. The number of fused-ring (bicyclic) bond motifs is 1. The Labute approximate surface area is 223 Å². The Kier molecular flexibility index (Phi) is 8.10. The zero-order valence-corrected chi connectivity index (χ0v) is 20.8. The molecule has 0 fully saturated rings. The van der Waals surface area contributed by atoms with Crippen LogP contribution in [0.5, 0.6) is 17.2 Å². The molecule has 0 saturated carbocycles. The highest BCUT2D eigenvalue weighted by atomic mass is 35.5. The molecular weight excluding hydrogens is 543 g/mol. The van der Waals surface area contributed by atoms with E-state index in [4.69, 9.17) is 30.2 Å². The van der Waals surface area contributed by atoms with Crippen LogP contribution in [0.3, 0.4) is 0 Å². The van der Waals surface area contributed by atoms with Crippen molar-refractivity contribution >= 4 is 34.6 Å². The van der Waals surface area contributed by atoms with E-state index in [2.05, 4.69) is 5.32 Å². The molecule has 1 N–H and O–H groups in total. The average Bonchev–Trinajstić information content (AvgIpc) is 2.90. The third kappa shape index (κ3) is 6.88. The summed E-state index contributed by atoms with van der Waals surface area (Å²) in [5.74, 6) is -3.96. The largest absolute Gasteiger partial charge is 0.453 e. The van der Waals surface area contributed by atoms with Crippen LogP contribution in [-0.2, 0) is 22.3 Å². The maximum Gasteiger partial charge on any atom is 0.453 e. The van der Waals surface area contributed by atoms with Gasteiger partial charge in [-0.1, -0.05) is 41.9 Å². The number of benzene rings is 3. The van der Waals surface area contributed by atoms with E-state index in [1.807, 2.05) is 0 Å². The van der Waals surface area contributed by atoms with Gasteiger partial charge in [-0.2, -0.15) is 13.2 Å². The number of alkyl halides is 3. The first-order valence-electron chi connectivity index (χ1n) is 11.3. The molecule has 0 radical (unpaired) electrons. The van der Waals surface area contributed by atoms with Crippen molar-refractivity contribution in [1.29, 1.82) is 0 Å². The van der Waals surface area contributed by atoms with Gasteiger partial charge in [0.2, 0.25) is 11.2 Å². The highest BCUT2D eigenvalue weighted by Gasteiger charge is 2.40. The van der Waals surface area contributed by atoms with E-state index in [0.29, 0.717) is 5.02 Å². The first-order chi connectivity index (χ1) is 18.5. The topological polar surface area (TPSA) is 104 Å². The minimum Gasteiger partial charge on any atom is -0.449 e. The Hall–Kier alpha value is -4.51. The summed E-state index contributed by atoms with van der Waals surface area (Å²) in [5, 5.41) is 2.37. The summed E-state index contributed by atoms with van der Waals surface area (Å²) < 4.78 is 61.7. The fourth-order valence-corrected chi connectivity index (χ4v) is 3.45. The fraction of sp³-hybridized carbons (Fsp3) is 0.148. The number of esters is 1. The number of amides is 1. The molecule has 1 aromatic heterocycles. The molecule has 8 nitrogen and oxygen atoms in total. The lowest BCUT2D eigenvalue weighted by molar-refractivity contribution is -0.154. The molecule has 0 aliphatic heterocycles. The van der Waals surface area contributed by atoms with Crippen molar-refractivity contribution in [3.63, 3.8) is 0 Å². The van der Waals surface area contributed by atoms with Crippen LogP contribution < -0.4 is 20.2 Å². The van der Waals surface area contributed by atoms with Gasteiger partial charge in [0.1, 0.15) is 29.7 Å². The summed E-state index contributed by atoms with van der Waals surface area (Å²) in [6.45, 7) is 1.30. The van der Waals surface area contributed by atoms with Crippen molar-refractivity contribution in [2.45, 2.75) is 25.7 Å². The predicted molar refractivity (Wildman–Crippen MR) is 134 cm³/mol. The zero-order chi connectivity index (χ0) is 28.2. The SMILES string of the molecule is CC(NC(=O)OCc1ccccc1)C(=O)Oc1ccc2c(=O)c(Oc3ccc(Cl)cc3)c(C(F)(F)F)oc2c1. The van der Waals surface area contributed by atoms with Crippen LogP contribution in [0.25, 0.3) is 11.0 Å². The Bertz CT molecular complexity index is 1550. The molecule has 3 aromatic carbocycles. The van der Waals surface area contributed by atoms with Crippen molar-refractivity contribution in [3.05, 3.63) is 99.4 Å². The molecule has 0 spiro atoms. The van der Waals surface area contributed by atoms with E-state index < -0.39 is 46.8 Å². The second-order valence-corrected chi connectivity index (χ2v) is 8.59. The van der Waals surface area contributed by atoms with Crippen molar-refractivity contribution in [2.24, 2.45) is 0 Å². The van der Waals surface area contributed by atoms with E-state index in [-0.39, 0.29) is 23.5 Å². The predicted octanol–water partition coefficient (Wildman–Crippen LogP) is 6.48. The Morgan fingerprint density at radius 2 is 1.67 bits per heavy atom. The second-order valence-electron chi connectivity index (χ2n) is 8.15. The van der Waals surface area contributed by atoms with E-state index in [9.17, 15) is 27.6 Å². The lowest BCUT2D eigenvalue weighted by Gasteiger charge is -2.15. The summed E-state index contributed by atoms with van der Waals surface area (Å²) in [7, 11) is 0. The molecule has 1 atom stereocenters. The fourth-order valence-electron chi connectivity index (χ4n) is 3.32. The molecular formula is C27H19ClF3NO7.